The Kier molecular flexibility index (Phi) is 3.89. The van der Waals surface area contributed by atoms with Gasteiger partial charge in [-0.25, -0.2) is 4.98 Å². The summed E-state index contributed by atoms with van der Waals surface area (Å²) in [5, 5.41) is 12.6. The minimum Gasteiger partial charge on any atom is -0.395 e. The summed E-state index contributed by atoms with van der Waals surface area (Å²) in [5.41, 5.74) is 0.648. The smallest absolute Gasteiger partial charge is 0.255 e. The average molecular weight is 251 g/mol. The summed E-state index contributed by atoms with van der Waals surface area (Å²) in [7, 11) is 0. The largest absolute Gasteiger partial charge is 0.395 e. The number of amides is 1. The maximum Gasteiger partial charge on any atom is 0.255 e. The van der Waals surface area contributed by atoms with Crippen LogP contribution in [0.15, 0.2) is 29.2 Å². The van der Waals surface area contributed by atoms with E-state index in [4.69, 9.17) is 5.11 Å². The van der Waals surface area contributed by atoms with Crippen molar-refractivity contribution in [1.82, 2.24) is 14.9 Å². The number of aromatic nitrogens is 2. The topological polar surface area (TPSA) is 69.2 Å². The molecule has 0 fully saturated rings. The van der Waals surface area contributed by atoms with E-state index in [2.05, 4.69) is 9.97 Å². The lowest BCUT2D eigenvalue weighted by Crippen LogP contribution is -2.33. The first-order chi connectivity index (χ1) is 8.31. The monoisotopic (exact) mass is 251 g/mol. The molecule has 2 aromatic heterocycles. The third-order valence-corrected chi connectivity index (χ3v) is 3.00. The van der Waals surface area contributed by atoms with Gasteiger partial charge in [0.15, 0.2) is 0 Å². The van der Waals surface area contributed by atoms with Crippen LogP contribution in [0.25, 0.3) is 0 Å². The summed E-state index contributed by atoms with van der Waals surface area (Å²) < 4.78 is 0. The predicted octanol–water partition coefficient (Wildman–Crippen LogP) is 1.11. The van der Waals surface area contributed by atoms with Crippen molar-refractivity contribution in [2.24, 2.45) is 0 Å². The first-order valence-electron chi connectivity index (χ1n) is 5.22. The van der Waals surface area contributed by atoms with E-state index in [0.717, 1.165) is 0 Å². The Balaban J connectivity index is 2.09. The SMILES string of the molecule is O=C(c1ccsc1)N(CCO)Cc1ncc[nH]1. The number of aliphatic hydroxyl groups excluding tert-OH is 1. The highest BCUT2D eigenvalue weighted by Gasteiger charge is 2.16. The van der Waals surface area contributed by atoms with E-state index in [1.165, 1.54) is 11.3 Å². The standard InChI is InChI=1S/C11H13N3O2S/c15-5-4-14(7-10-12-2-3-13-10)11(16)9-1-6-17-8-9/h1-3,6,8,15H,4-5,7H2,(H,12,13). The van der Waals surface area contributed by atoms with Crippen LogP contribution in [-0.4, -0.2) is 39.0 Å². The Hall–Kier alpha value is -1.66. The molecule has 6 heteroatoms. The van der Waals surface area contributed by atoms with E-state index in [0.29, 0.717) is 24.5 Å². The third kappa shape index (κ3) is 2.92. The predicted molar refractivity (Wildman–Crippen MR) is 64.7 cm³/mol. The fraction of sp³-hybridized carbons (Fsp3) is 0.273. The van der Waals surface area contributed by atoms with Gasteiger partial charge in [0.2, 0.25) is 0 Å². The van der Waals surface area contributed by atoms with Gasteiger partial charge in [-0.15, -0.1) is 0 Å². The summed E-state index contributed by atoms with van der Waals surface area (Å²) in [5.74, 6) is 0.624. The fourth-order valence-electron chi connectivity index (χ4n) is 1.51. The Morgan fingerprint density at radius 2 is 2.47 bits per heavy atom. The van der Waals surface area contributed by atoms with E-state index in [-0.39, 0.29) is 12.5 Å². The van der Waals surface area contributed by atoms with Gasteiger partial charge in [0, 0.05) is 24.3 Å². The maximum absolute atomic E-state index is 12.1. The molecule has 90 valence electrons. The van der Waals surface area contributed by atoms with Crippen molar-refractivity contribution in [3.63, 3.8) is 0 Å². The Labute approximate surface area is 103 Å². The van der Waals surface area contributed by atoms with Crippen molar-refractivity contribution in [3.05, 3.63) is 40.6 Å². The van der Waals surface area contributed by atoms with Crippen LogP contribution in [-0.2, 0) is 6.54 Å². The Morgan fingerprint density at radius 1 is 1.59 bits per heavy atom. The molecule has 0 aliphatic carbocycles. The fourth-order valence-corrected chi connectivity index (χ4v) is 2.14. The zero-order valence-corrected chi connectivity index (χ0v) is 9.98. The van der Waals surface area contributed by atoms with Gasteiger partial charge in [-0.2, -0.15) is 11.3 Å². The van der Waals surface area contributed by atoms with Crippen molar-refractivity contribution >= 4 is 17.2 Å². The van der Waals surface area contributed by atoms with Gasteiger partial charge in [0.05, 0.1) is 18.7 Å². The molecule has 2 rings (SSSR count). The van der Waals surface area contributed by atoms with Crippen molar-refractivity contribution in [2.75, 3.05) is 13.2 Å². The number of rotatable bonds is 5. The highest BCUT2D eigenvalue weighted by atomic mass is 32.1. The van der Waals surface area contributed by atoms with Crippen molar-refractivity contribution in [3.8, 4) is 0 Å². The number of hydrogen-bond donors (Lipinski definition) is 2. The van der Waals surface area contributed by atoms with E-state index >= 15 is 0 Å². The van der Waals surface area contributed by atoms with Crippen LogP contribution in [0.4, 0.5) is 0 Å². The Morgan fingerprint density at radius 3 is 3.06 bits per heavy atom. The molecule has 2 heterocycles. The second-order valence-electron chi connectivity index (χ2n) is 3.50. The van der Waals surface area contributed by atoms with E-state index in [9.17, 15) is 4.79 Å². The lowest BCUT2D eigenvalue weighted by atomic mass is 10.3. The molecule has 0 radical (unpaired) electrons. The van der Waals surface area contributed by atoms with Crippen LogP contribution in [0.1, 0.15) is 16.2 Å². The summed E-state index contributed by atoms with van der Waals surface area (Å²) in [4.78, 5) is 20.7. The first-order valence-corrected chi connectivity index (χ1v) is 6.16. The number of aromatic amines is 1. The van der Waals surface area contributed by atoms with Gasteiger partial charge in [-0.05, 0) is 11.4 Å². The molecule has 1 amide bonds. The Bertz CT molecular complexity index is 453. The molecule has 5 nitrogen and oxygen atoms in total. The highest BCUT2D eigenvalue weighted by molar-refractivity contribution is 7.08. The van der Waals surface area contributed by atoms with Crippen LogP contribution < -0.4 is 0 Å². The minimum atomic E-state index is -0.0864. The summed E-state index contributed by atoms with van der Waals surface area (Å²) >= 11 is 1.48. The van der Waals surface area contributed by atoms with E-state index < -0.39 is 0 Å². The minimum absolute atomic E-state index is 0.0589. The van der Waals surface area contributed by atoms with Crippen molar-refractivity contribution in [1.29, 1.82) is 0 Å². The summed E-state index contributed by atoms with van der Waals surface area (Å²) in [6.45, 7) is 0.619. The van der Waals surface area contributed by atoms with E-state index in [1.54, 1.807) is 28.7 Å². The summed E-state index contributed by atoms with van der Waals surface area (Å²) in [6, 6.07) is 1.78. The number of nitrogens with zero attached hydrogens (tertiary/aromatic N) is 2. The molecule has 0 bridgehead atoms. The number of imidazole rings is 1. The maximum atomic E-state index is 12.1. The van der Waals surface area contributed by atoms with E-state index in [1.807, 2.05) is 5.38 Å². The lowest BCUT2D eigenvalue weighted by Gasteiger charge is -2.19. The molecular formula is C11H13N3O2S. The molecule has 2 N–H and O–H groups in total. The quantitative estimate of drug-likeness (QED) is 0.836. The van der Waals surface area contributed by atoms with Crippen molar-refractivity contribution < 1.29 is 9.90 Å². The number of hydrogen-bond acceptors (Lipinski definition) is 4. The second kappa shape index (κ2) is 5.60. The molecule has 0 saturated heterocycles. The zero-order valence-electron chi connectivity index (χ0n) is 9.17. The van der Waals surface area contributed by atoms with Crippen molar-refractivity contribution in [2.45, 2.75) is 6.54 Å². The number of H-pyrrole nitrogens is 1. The van der Waals surface area contributed by atoms with Gasteiger partial charge in [0.25, 0.3) is 5.91 Å². The van der Waals surface area contributed by atoms with Gasteiger partial charge in [0.1, 0.15) is 5.82 Å². The first kappa shape index (κ1) is 11.8. The van der Waals surface area contributed by atoms with Crippen LogP contribution in [0.3, 0.4) is 0 Å². The molecule has 0 aliphatic heterocycles. The number of aliphatic hydroxyl groups is 1. The van der Waals surface area contributed by atoms with Crippen LogP contribution in [0, 0.1) is 0 Å². The van der Waals surface area contributed by atoms with Crippen LogP contribution >= 0.6 is 11.3 Å². The van der Waals surface area contributed by atoms with Crippen LogP contribution in [0.5, 0.6) is 0 Å². The van der Waals surface area contributed by atoms with Gasteiger partial charge in [-0.3, -0.25) is 4.79 Å². The normalized spacial score (nSPS) is 10.4. The molecule has 0 unspecified atom stereocenters. The van der Waals surface area contributed by atoms with Gasteiger partial charge >= 0.3 is 0 Å². The highest BCUT2D eigenvalue weighted by Crippen LogP contribution is 2.11. The third-order valence-electron chi connectivity index (χ3n) is 2.32. The number of carbonyl (C=O) groups excluding carboxylic acids is 1. The number of thiophene rings is 1. The molecule has 0 aromatic carbocycles. The second-order valence-corrected chi connectivity index (χ2v) is 4.28. The van der Waals surface area contributed by atoms with Gasteiger partial charge < -0.3 is 15.0 Å². The molecule has 2 aromatic rings. The zero-order chi connectivity index (χ0) is 12.1. The lowest BCUT2D eigenvalue weighted by molar-refractivity contribution is 0.0704. The van der Waals surface area contributed by atoms with Gasteiger partial charge in [-0.1, -0.05) is 0 Å². The molecular weight excluding hydrogens is 238 g/mol. The number of nitrogens with one attached hydrogen (secondary N) is 1. The molecule has 0 atom stereocenters. The molecule has 0 spiro atoms. The van der Waals surface area contributed by atoms with Crippen LogP contribution in [0.2, 0.25) is 0 Å². The average Bonchev–Trinajstić information content (AvgIpc) is 3.00. The molecule has 0 aliphatic rings. The number of carbonyl (C=O) groups is 1. The summed E-state index contributed by atoms with van der Waals surface area (Å²) in [6.07, 6.45) is 3.35. The molecule has 0 saturated carbocycles. The molecule has 17 heavy (non-hydrogen) atoms.